The zero-order chi connectivity index (χ0) is 43.7. The van der Waals surface area contributed by atoms with Gasteiger partial charge in [0.2, 0.25) is 33.5 Å². The SMILES string of the molecule is CCCCCCCCCCCCCCC=CC1CC(=O)N(c2ccc(S(=O)(=O)c3ccc(N4C(=O)CC(C=CCCCCCCCCCCCCCC)C4=O)cc3)cc2)C1=O. The van der Waals surface area contributed by atoms with Crippen molar-refractivity contribution in [2.45, 2.75) is 203 Å². The van der Waals surface area contributed by atoms with E-state index in [2.05, 4.69) is 13.8 Å². The lowest BCUT2D eigenvalue weighted by Gasteiger charge is -2.16. The Kier molecular flexibility index (Phi) is 22.8. The Morgan fingerprint density at radius 2 is 0.721 bits per heavy atom. The second-order valence-electron chi connectivity index (χ2n) is 17.5. The summed E-state index contributed by atoms with van der Waals surface area (Å²) in [6.07, 6.45) is 40.6. The van der Waals surface area contributed by atoms with Crippen LogP contribution in [0.5, 0.6) is 0 Å². The third-order valence-corrected chi connectivity index (χ3v) is 14.1. The van der Waals surface area contributed by atoms with Crippen molar-refractivity contribution in [1.29, 1.82) is 0 Å². The Morgan fingerprint density at radius 3 is 1.02 bits per heavy atom. The minimum absolute atomic E-state index is 0.00800. The van der Waals surface area contributed by atoms with E-state index in [0.29, 0.717) is 11.4 Å². The summed E-state index contributed by atoms with van der Waals surface area (Å²) in [6, 6.07) is 11.6. The predicted octanol–water partition coefficient (Wildman–Crippen LogP) is 13.6. The first-order valence-electron chi connectivity index (χ1n) is 24.2. The standard InChI is InChI=1S/C52H76N2O6S/c1-3-5-7-9-11-13-15-17-19-21-23-25-27-29-31-43-41-49(55)53(51(43)57)45-33-37-47(38-34-45)61(59,60)48-39-35-46(36-40-48)54-50(56)42-44(52(54)58)32-30-28-26-24-22-20-18-16-14-12-10-8-6-4-2/h29-40,43-44H,3-28,41-42H2,1-2H3. The molecule has 2 aliphatic heterocycles. The van der Waals surface area contributed by atoms with Crippen LogP contribution >= 0.6 is 0 Å². The molecule has 2 aromatic carbocycles. The number of carbonyl (C=O) groups is 4. The number of hydrogen-bond donors (Lipinski definition) is 0. The Hall–Kier alpha value is -3.85. The lowest BCUT2D eigenvalue weighted by Crippen LogP contribution is -2.30. The summed E-state index contributed by atoms with van der Waals surface area (Å²) in [4.78, 5) is 54.6. The van der Waals surface area contributed by atoms with E-state index in [0.717, 1.165) is 35.5 Å². The highest BCUT2D eigenvalue weighted by atomic mass is 32.2. The monoisotopic (exact) mass is 857 g/mol. The van der Waals surface area contributed by atoms with Gasteiger partial charge in [-0.3, -0.25) is 29.0 Å². The largest absolute Gasteiger partial charge is 0.274 e. The number of nitrogens with zero attached hydrogens (tertiary/aromatic N) is 2. The van der Waals surface area contributed by atoms with E-state index in [1.807, 2.05) is 24.3 Å². The molecule has 0 N–H and O–H groups in total. The second kappa shape index (κ2) is 28.0. The number of amides is 4. The minimum Gasteiger partial charge on any atom is -0.274 e. The minimum atomic E-state index is -3.96. The summed E-state index contributed by atoms with van der Waals surface area (Å²) in [5.41, 5.74) is 0.676. The third-order valence-electron chi connectivity index (χ3n) is 12.4. The fraction of sp³-hybridized carbons (Fsp3) is 0.615. The summed E-state index contributed by atoms with van der Waals surface area (Å²) in [5, 5.41) is 0. The molecule has 8 nitrogen and oxygen atoms in total. The molecule has 2 saturated heterocycles. The van der Waals surface area contributed by atoms with E-state index in [1.165, 1.54) is 190 Å². The lowest BCUT2D eigenvalue weighted by atomic mass is 10.0. The molecule has 2 heterocycles. The molecule has 2 aromatic rings. The van der Waals surface area contributed by atoms with E-state index in [1.54, 1.807) is 0 Å². The molecular formula is C52H76N2O6S. The normalized spacial score (nSPS) is 17.3. The molecule has 0 saturated carbocycles. The van der Waals surface area contributed by atoms with Crippen LogP contribution in [0.1, 0.15) is 194 Å². The Balaban J connectivity index is 1.16. The first-order chi connectivity index (χ1) is 29.7. The van der Waals surface area contributed by atoms with Crippen LogP contribution in [0.15, 0.2) is 82.6 Å². The van der Waals surface area contributed by atoms with Crippen LogP contribution in [0.2, 0.25) is 0 Å². The molecule has 9 heteroatoms. The van der Waals surface area contributed by atoms with Gasteiger partial charge < -0.3 is 0 Å². The Bertz CT molecular complexity index is 1670. The molecule has 0 radical (unpaired) electrons. The highest BCUT2D eigenvalue weighted by Crippen LogP contribution is 2.32. The second-order valence-corrected chi connectivity index (χ2v) is 19.4. The number of sulfone groups is 1. The van der Waals surface area contributed by atoms with Gasteiger partial charge in [-0.15, -0.1) is 0 Å². The van der Waals surface area contributed by atoms with E-state index in [4.69, 9.17) is 0 Å². The molecule has 2 unspecified atom stereocenters. The van der Waals surface area contributed by atoms with Gasteiger partial charge in [0, 0.05) is 12.8 Å². The van der Waals surface area contributed by atoms with Crippen LogP contribution in [-0.4, -0.2) is 32.0 Å². The quantitative estimate of drug-likeness (QED) is 0.0412. The number of carbonyl (C=O) groups excluding carboxylic acids is 4. The maximum Gasteiger partial charge on any atom is 0.241 e. The maximum atomic E-state index is 13.6. The average Bonchev–Trinajstić information content (AvgIpc) is 3.71. The zero-order valence-corrected chi connectivity index (χ0v) is 38.5. The van der Waals surface area contributed by atoms with Gasteiger partial charge in [-0.1, -0.05) is 179 Å². The van der Waals surface area contributed by atoms with Crippen LogP contribution in [0.25, 0.3) is 0 Å². The first-order valence-corrected chi connectivity index (χ1v) is 25.7. The van der Waals surface area contributed by atoms with Crippen molar-refractivity contribution >= 4 is 44.8 Å². The molecule has 0 spiro atoms. The average molecular weight is 857 g/mol. The van der Waals surface area contributed by atoms with Crippen LogP contribution in [0, 0.1) is 11.8 Å². The fourth-order valence-electron chi connectivity index (χ4n) is 8.57. The number of allylic oxidation sites excluding steroid dienone is 2. The molecular weight excluding hydrogens is 781 g/mol. The number of rotatable bonds is 32. The number of benzene rings is 2. The van der Waals surface area contributed by atoms with Crippen molar-refractivity contribution in [3.05, 3.63) is 72.8 Å². The van der Waals surface area contributed by atoms with Crippen LogP contribution in [-0.2, 0) is 29.0 Å². The summed E-state index contributed by atoms with van der Waals surface area (Å²) in [7, 11) is -3.96. The highest BCUT2D eigenvalue weighted by Gasteiger charge is 2.39. The van der Waals surface area contributed by atoms with Crippen molar-refractivity contribution in [3.63, 3.8) is 0 Å². The zero-order valence-electron chi connectivity index (χ0n) is 37.6. The Morgan fingerprint density at radius 1 is 0.443 bits per heavy atom. The lowest BCUT2D eigenvalue weighted by molar-refractivity contribution is -0.123. The molecule has 0 aromatic heterocycles. The van der Waals surface area contributed by atoms with Gasteiger partial charge in [0.15, 0.2) is 0 Å². The molecule has 61 heavy (non-hydrogen) atoms. The highest BCUT2D eigenvalue weighted by molar-refractivity contribution is 7.91. The van der Waals surface area contributed by atoms with Gasteiger partial charge in [0.05, 0.1) is 33.0 Å². The molecule has 2 fully saturated rings. The van der Waals surface area contributed by atoms with Crippen molar-refractivity contribution in [3.8, 4) is 0 Å². The van der Waals surface area contributed by atoms with Crippen molar-refractivity contribution in [2.24, 2.45) is 11.8 Å². The van der Waals surface area contributed by atoms with Gasteiger partial charge in [-0.05, 0) is 74.2 Å². The fourth-order valence-corrected chi connectivity index (χ4v) is 9.83. The predicted molar refractivity (Wildman–Crippen MR) is 249 cm³/mol. The van der Waals surface area contributed by atoms with Crippen molar-refractivity contribution in [2.75, 3.05) is 9.80 Å². The smallest absolute Gasteiger partial charge is 0.241 e. The summed E-state index contributed by atoms with van der Waals surface area (Å²) in [5.74, 6) is -2.25. The van der Waals surface area contributed by atoms with Gasteiger partial charge in [-0.25, -0.2) is 8.42 Å². The van der Waals surface area contributed by atoms with Crippen LogP contribution in [0.4, 0.5) is 11.4 Å². The first kappa shape index (κ1) is 49.8. The van der Waals surface area contributed by atoms with Crippen LogP contribution < -0.4 is 9.80 Å². The summed E-state index contributed by atoms with van der Waals surface area (Å²) < 4.78 is 27.1. The topological polar surface area (TPSA) is 109 Å². The van der Waals surface area contributed by atoms with Gasteiger partial charge in [0.1, 0.15) is 0 Å². The molecule has 2 atom stereocenters. The van der Waals surface area contributed by atoms with E-state index in [-0.39, 0.29) is 46.3 Å². The molecule has 0 aliphatic carbocycles. The van der Waals surface area contributed by atoms with Crippen molar-refractivity contribution < 1.29 is 27.6 Å². The van der Waals surface area contributed by atoms with E-state index in [9.17, 15) is 27.6 Å². The number of unbranched alkanes of at least 4 members (excludes halogenated alkanes) is 24. The number of anilines is 2. The summed E-state index contributed by atoms with van der Waals surface area (Å²) >= 11 is 0. The van der Waals surface area contributed by atoms with Crippen LogP contribution in [0.3, 0.4) is 0 Å². The number of imide groups is 2. The van der Waals surface area contributed by atoms with Crippen molar-refractivity contribution in [1.82, 2.24) is 0 Å². The molecule has 0 bridgehead atoms. The summed E-state index contributed by atoms with van der Waals surface area (Å²) in [6.45, 7) is 4.50. The maximum absolute atomic E-state index is 13.6. The molecule has 336 valence electrons. The van der Waals surface area contributed by atoms with E-state index < -0.39 is 21.7 Å². The van der Waals surface area contributed by atoms with E-state index >= 15 is 0 Å². The Labute approximate surface area is 368 Å². The molecule has 4 rings (SSSR count). The van der Waals surface area contributed by atoms with Gasteiger partial charge >= 0.3 is 0 Å². The number of hydrogen-bond acceptors (Lipinski definition) is 6. The van der Waals surface area contributed by atoms with Gasteiger partial charge in [0.25, 0.3) is 0 Å². The van der Waals surface area contributed by atoms with Gasteiger partial charge in [-0.2, -0.15) is 0 Å². The third kappa shape index (κ3) is 16.4. The molecule has 4 amide bonds. The molecule has 2 aliphatic rings.